The lowest BCUT2D eigenvalue weighted by Gasteiger charge is -2.15. The number of rotatable bonds is 7. The first-order chi connectivity index (χ1) is 13.6. The van der Waals surface area contributed by atoms with Gasteiger partial charge in [-0.2, -0.15) is 0 Å². The van der Waals surface area contributed by atoms with E-state index in [0.717, 1.165) is 0 Å². The Kier molecular flexibility index (Phi) is 6.60. The first-order valence-corrected chi connectivity index (χ1v) is 8.69. The molecule has 0 aliphatic heterocycles. The Balaban J connectivity index is 1.98. The van der Waals surface area contributed by atoms with Gasteiger partial charge in [0, 0.05) is 47.0 Å². The fraction of sp³-hybridized carbons (Fsp3) is 0.263. The minimum absolute atomic E-state index is 0.0696. The summed E-state index contributed by atoms with van der Waals surface area (Å²) in [6, 6.07) is 7.85. The van der Waals surface area contributed by atoms with Crippen LogP contribution in [0.5, 0.6) is 0 Å². The van der Waals surface area contributed by atoms with Crippen LogP contribution in [-0.4, -0.2) is 34.2 Å². The van der Waals surface area contributed by atoms with Crippen molar-refractivity contribution in [1.82, 2.24) is 10.6 Å². The Labute approximate surface area is 166 Å². The van der Waals surface area contributed by atoms with E-state index in [1.807, 2.05) is 0 Å². The van der Waals surface area contributed by atoms with Crippen molar-refractivity contribution in [2.24, 2.45) is 0 Å². The molecule has 2 aromatic rings. The molecule has 2 N–H and O–H groups in total. The van der Waals surface area contributed by atoms with Crippen LogP contribution in [0.4, 0.5) is 11.4 Å². The highest BCUT2D eigenvalue weighted by Gasteiger charge is 2.18. The van der Waals surface area contributed by atoms with Crippen LogP contribution in [0.25, 0.3) is 0 Å². The molecule has 0 bridgehead atoms. The molecular weight excluding hydrogens is 380 g/mol. The van der Waals surface area contributed by atoms with Gasteiger partial charge >= 0.3 is 0 Å². The number of hydrogen-bond donors (Lipinski definition) is 2. The summed E-state index contributed by atoms with van der Waals surface area (Å²) < 4.78 is 0. The minimum atomic E-state index is -0.560. The summed E-state index contributed by atoms with van der Waals surface area (Å²) >= 11 is 0. The fourth-order valence-electron chi connectivity index (χ4n) is 2.60. The van der Waals surface area contributed by atoms with Gasteiger partial charge in [-0.25, -0.2) is 0 Å². The highest BCUT2D eigenvalue weighted by atomic mass is 16.6. The lowest BCUT2D eigenvalue weighted by atomic mass is 10.1. The number of benzene rings is 2. The molecule has 0 saturated carbocycles. The van der Waals surface area contributed by atoms with Crippen LogP contribution < -0.4 is 10.6 Å². The fourth-order valence-corrected chi connectivity index (χ4v) is 2.60. The Bertz CT molecular complexity index is 989. The molecule has 0 radical (unpaired) electrons. The second-order valence-electron chi connectivity index (χ2n) is 6.60. The van der Waals surface area contributed by atoms with E-state index < -0.39 is 27.7 Å². The number of nitro groups is 2. The third-order valence-corrected chi connectivity index (χ3v) is 4.28. The topological polar surface area (TPSA) is 144 Å². The third kappa shape index (κ3) is 5.34. The molecule has 10 nitrogen and oxygen atoms in total. The normalized spacial score (nSPS) is 11.4. The van der Waals surface area contributed by atoms with E-state index in [-0.39, 0.29) is 29.0 Å². The first kappa shape index (κ1) is 21.5. The van der Waals surface area contributed by atoms with Gasteiger partial charge in [-0.15, -0.1) is 0 Å². The van der Waals surface area contributed by atoms with Crippen molar-refractivity contribution in [2.75, 3.05) is 6.54 Å². The van der Waals surface area contributed by atoms with Crippen molar-refractivity contribution in [3.63, 3.8) is 0 Å². The predicted octanol–water partition coefficient (Wildman–Crippen LogP) is 2.67. The number of amides is 2. The van der Waals surface area contributed by atoms with Crippen LogP contribution in [0.2, 0.25) is 0 Å². The second-order valence-corrected chi connectivity index (χ2v) is 6.60. The summed E-state index contributed by atoms with van der Waals surface area (Å²) in [4.78, 5) is 45.4. The van der Waals surface area contributed by atoms with Gasteiger partial charge in [-0.05, 0) is 32.9 Å². The Morgan fingerprint density at radius 3 is 1.79 bits per heavy atom. The van der Waals surface area contributed by atoms with Crippen LogP contribution in [0.1, 0.15) is 38.8 Å². The SMILES string of the molecule is Cc1ccc(C(=O)NC[C@@H](C)NC(=O)c2ccc(C)c([N+](=O)[O-])c2)cc1[N+](=O)[O-]. The van der Waals surface area contributed by atoms with Crippen LogP contribution in [0.3, 0.4) is 0 Å². The maximum absolute atomic E-state index is 12.3. The number of hydrogen-bond acceptors (Lipinski definition) is 6. The number of nitrogens with zero attached hydrogens (tertiary/aromatic N) is 2. The van der Waals surface area contributed by atoms with E-state index >= 15 is 0 Å². The number of carbonyl (C=O) groups excluding carboxylic acids is 2. The Morgan fingerprint density at radius 1 is 0.897 bits per heavy atom. The smallest absolute Gasteiger partial charge is 0.273 e. The van der Waals surface area contributed by atoms with Crippen molar-refractivity contribution < 1.29 is 19.4 Å². The minimum Gasteiger partial charge on any atom is -0.350 e. The zero-order valence-corrected chi connectivity index (χ0v) is 16.1. The van der Waals surface area contributed by atoms with Crippen molar-refractivity contribution in [3.05, 3.63) is 78.9 Å². The van der Waals surface area contributed by atoms with Crippen LogP contribution >= 0.6 is 0 Å². The van der Waals surface area contributed by atoms with Crippen LogP contribution in [-0.2, 0) is 0 Å². The summed E-state index contributed by atoms with van der Waals surface area (Å²) in [5.74, 6) is -1.03. The Morgan fingerprint density at radius 2 is 1.34 bits per heavy atom. The summed E-state index contributed by atoms with van der Waals surface area (Å²) in [5, 5.41) is 27.2. The lowest BCUT2D eigenvalue weighted by molar-refractivity contribution is -0.385. The molecule has 0 fully saturated rings. The molecule has 2 aromatic carbocycles. The molecular formula is C19H20N4O6. The van der Waals surface area contributed by atoms with E-state index in [4.69, 9.17) is 0 Å². The number of nitro benzene ring substituents is 2. The van der Waals surface area contributed by atoms with Gasteiger partial charge in [-0.3, -0.25) is 29.8 Å². The maximum Gasteiger partial charge on any atom is 0.273 e. The quantitative estimate of drug-likeness (QED) is 0.540. The van der Waals surface area contributed by atoms with Gasteiger partial charge in [0.2, 0.25) is 0 Å². The van der Waals surface area contributed by atoms with Gasteiger partial charge in [0.25, 0.3) is 23.2 Å². The van der Waals surface area contributed by atoms with Gasteiger partial charge in [0.15, 0.2) is 0 Å². The van der Waals surface area contributed by atoms with Crippen LogP contribution in [0.15, 0.2) is 36.4 Å². The van der Waals surface area contributed by atoms with Gasteiger partial charge in [0.1, 0.15) is 0 Å². The van der Waals surface area contributed by atoms with E-state index in [0.29, 0.717) is 11.1 Å². The molecule has 0 aliphatic carbocycles. The average Bonchev–Trinajstić information content (AvgIpc) is 2.66. The third-order valence-electron chi connectivity index (χ3n) is 4.28. The largest absolute Gasteiger partial charge is 0.350 e. The molecule has 2 amide bonds. The number of nitrogens with one attached hydrogen (secondary N) is 2. The first-order valence-electron chi connectivity index (χ1n) is 8.69. The zero-order chi connectivity index (χ0) is 21.7. The van der Waals surface area contributed by atoms with Crippen molar-refractivity contribution in [2.45, 2.75) is 26.8 Å². The van der Waals surface area contributed by atoms with Gasteiger partial charge in [0.05, 0.1) is 9.85 Å². The summed E-state index contributed by atoms with van der Waals surface area (Å²) in [6.45, 7) is 4.87. The van der Waals surface area contributed by atoms with E-state index in [1.54, 1.807) is 20.8 Å². The van der Waals surface area contributed by atoms with Crippen LogP contribution in [0, 0.1) is 34.1 Å². The molecule has 152 valence electrons. The number of carbonyl (C=O) groups is 2. The molecule has 1 atom stereocenters. The maximum atomic E-state index is 12.3. The van der Waals surface area contributed by atoms with Crippen molar-refractivity contribution >= 4 is 23.2 Å². The molecule has 2 rings (SSSR count). The summed E-state index contributed by atoms with van der Waals surface area (Å²) in [5.41, 5.74) is 0.850. The van der Waals surface area contributed by atoms with E-state index in [2.05, 4.69) is 10.6 Å². The zero-order valence-electron chi connectivity index (χ0n) is 16.1. The molecule has 10 heteroatoms. The predicted molar refractivity (Wildman–Crippen MR) is 105 cm³/mol. The van der Waals surface area contributed by atoms with Gasteiger partial charge < -0.3 is 10.6 Å². The highest BCUT2D eigenvalue weighted by molar-refractivity contribution is 5.96. The molecule has 0 aliphatic rings. The monoisotopic (exact) mass is 400 g/mol. The van der Waals surface area contributed by atoms with Crippen molar-refractivity contribution in [1.29, 1.82) is 0 Å². The molecule has 0 saturated heterocycles. The molecule has 0 unspecified atom stereocenters. The molecule has 0 aromatic heterocycles. The molecule has 0 heterocycles. The summed E-state index contributed by atoms with van der Waals surface area (Å²) in [7, 11) is 0. The second kappa shape index (κ2) is 8.91. The highest BCUT2D eigenvalue weighted by Crippen LogP contribution is 2.20. The standard InChI is InChI=1S/C19H20N4O6/c1-11-4-6-14(8-16(11)22(26)27)18(24)20-10-13(3)21-19(25)15-7-5-12(2)17(9-15)23(28)29/h4-9,13H,10H2,1-3H3,(H,20,24)(H,21,25)/t13-/m1/s1. The van der Waals surface area contributed by atoms with E-state index in [1.165, 1.54) is 36.4 Å². The molecule has 29 heavy (non-hydrogen) atoms. The van der Waals surface area contributed by atoms with E-state index in [9.17, 15) is 29.8 Å². The number of aryl methyl sites for hydroxylation is 2. The average molecular weight is 400 g/mol. The van der Waals surface area contributed by atoms with Crippen molar-refractivity contribution in [3.8, 4) is 0 Å². The Hall–Kier alpha value is -3.82. The lowest BCUT2D eigenvalue weighted by Crippen LogP contribution is -2.41. The van der Waals surface area contributed by atoms with Gasteiger partial charge in [-0.1, -0.05) is 12.1 Å². The molecule has 0 spiro atoms. The summed E-state index contributed by atoms with van der Waals surface area (Å²) in [6.07, 6.45) is 0.